The molecule has 0 fully saturated rings. The Bertz CT molecular complexity index is 649. The van der Waals surface area contributed by atoms with Crippen molar-refractivity contribution in [2.45, 2.75) is 6.42 Å². The third-order valence-corrected chi connectivity index (χ3v) is 2.76. The van der Waals surface area contributed by atoms with Crippen molar-refractivity contribution in [3.8, 4) is 0 Å². The summed E-state index contributed by atoms with van der Waals surface area (Å²) in [7, 11) is 0. The van der Waals surface area contributed by atoms with Crippen LogP contribution in [0.5, 0.6) is 0 Å². The quantitative estimate of drug-likeness (QED) is 0.627. The third-order valence-electron chi connectivity index (χ3n) is 2.76. The molecular weight excluding hydrogens is 284 g/mol. The summed E-state index contributed by atoms with van der Waals surface area (Å²) in [6, 6.07) is 16.6. The van der Waals surface area contributed by atoms with E-state index in [-0.39, 0.29) is 18.6 Å². The molecule has 22 heavy (non-hydrogen) atoms. The molecule has 2 aromatic carbocycles. The molecule has 0 aromatic heterocycles. The first-order valence-corrected chi connectivity index (χ1v) is 6.69. The second kappa shape index (κ2) is 7.73. The molecule has 0 aliphatic heterocycles. The summed E-state index contributed by atoms with van der Waals surface area (Å²) >= 11 is 0. The zero-order valence-corrected chi connectivity index (χ0v) is 11.7. The molecule has 2 aromatic rings. The fourth-order valence-electron chi connectivity index (χ4n) is 1.67. The van der Waals surface area contributed by atoms with E-state index >= 15 is 0 Å². The van der Waals surface area contributed by atoms with Crippen molar-refractivity contribution in [2.75, 3.05) is 6.61 Å². The van der Waals surface area contributed by atoms with Crippen LogP contribution in [0.4, 0.5) is 0 Å². The fraction of sp³-hybridized carbons (Fsp3) is 0.118. The molecule has 0 atom stereocenters. The summed E-state index contributed by atoms with van der Waals surface area (Å²) in [6.45, 7) is -0.144. The maximum Gasteiger partial charge on any atom is 0.345 e. The van der Waals surface area contributed by atoms with Gasteiger partial charge in [0.15, 0.2) is 0 Å². The first-order valence-electron chi connectivity index (χ1n) is 6.69. The van der Waals surface area contributed by atoms with E-state index < -0.39 is 17.9 Å². The van der Waals surface area contributed by atoms with E-state index in [4.69, 9.17) is 4.74 Å². The molecule has 112 valence electrons. The first kappa shape index (κ1) is 15.4. The van der Waals surface area contributed by atoms with Gasteiger partial charge in [0.25, 0.3) is 0 Å². The molecule has 0 aliphatic rings. The maximum absolute atomic E-state index is 11.6. The van der Waals surface area contributed by atoms with Crippen molar-refractivity contribution in [3.05, 3.63) is 71.8 Å². The van der Waals surface area contributed by atoms with Crippen molar-refractivity contribution >= 4 is 17.9 Å². The lowest BCUT2D eigenvalue weighted by atomic mass is 10.2. The molecule has 0 saturated heterocycles. The average molecular weight is 298 g/mol. The number of benzene rings is 2. The lowest BCUT2D eigenvalue weighted by molar-refractivity contribution is -0.138. The predicted molar refractivity (Wildman–Crippen MR) is 78.2 cm³/mol. The fourth-order valence-corrected chi connectivity index (χ4v) is 1.67. The van der Waals surface area contributed by atoms with Crippen LogP contribution in [-0.2, 0) is 14.3 Å². The lowest BCUT2D eigenvalue weighted by Gasteiger charge is -2.05. The van der Waals surface area contributed by atoms with Gasteiger partial charge < -0.3 is 9.47 Å². The highest BCUT2D eigenvalue weighted by Gasteiger charge is 2.13. The predicted octanol–water partition coefficient (Wildman–Crippen LogP) is 2.62. The van der Waals surface area contributed by atoms with E-state index in [9.17, 15) is 14.4 Å². The Morgan fingerprint density at radius 1 is 0.727 bits per heavy atom. The summed E-state index contributed by atoms with van der Waals surface area (Å²) in [4.78, 5) is 34.8. The zero-order chi connectivity index (χ0) is 15.8. The minimum atomic E-state index is -0.741. The van der Waals surface area contributed by atoms with Gasteiger partial charge in [-0.2, -0.15) is 0 Å². The third kappa shape index (κ3) is 4.56. The Labute approximate surface area is 127 Å². The van der Waals surface area contributed by atoms with Gasteiger partial charge in [-0.15, -0.1) is 0 Å². The lowest BCUT2D eigenvalue weighted by Crippen LogP contribution is -2.16. The first-order chi connectivity index (χ1) is 10.7. The number of carbonyl (C=O) groups is 3. The largest absolute Gasteiger partial charge is 0.461 e. The van der Waals surface area contributed by atoms with Crippen LogP contribution < -0.4 is 0 Å². The van der Waals surface area contributed by atoms with Crippen LogP contribution in [0.25, 0.3) is 0 Å². The SMILES string of the molecule is O=C(CCOC(=O)c1ccccc1)OC(=O)c1ccccc1. The van der Waals surface area contributed by atoms with Crippen molar-refractivity contribution < 1.29 is 23.9 Å². The standard InChI is InChI=1S/C17H14O5/c18-15(22-17(20)14-9-5-2-6-10-14)11-12-21-16(19)13-7-3-1-4-8-13/h1-10H,11-12H2. The molecule has 0 saturated carbocycles. The van der Waals surface area contributed by atoms with E-state index in [2.05, 4.69) is 4.74 Å². The van der Waals surface area contributed by atoms with Crippen LogP contribution >= 0.6 is 0 Å². The van der Waals surface area contributed by atoms with E-state index in [1.807, 2.05) is 0 Å². The summed E-state index contributed by atoms with van der Waals surface area (Å²) in [5.41, 5.74) is 0.688. The van der Waals surface area contributed by atoms with Gasteiger partial charge >= 0.3 is 17.9 Å². The minimum Gasteiger partial charge on any atom is -0.461 e. The number of ether oxygens (including phenoxy) is 2. The highest BCUT2D eigenvalue weighted by atomic mass is 16.6. The Kier molecular flexibility index (Phi) is 5.43. The highest BCUT2D eigenvalue weighted by Crippen LogP contribution is 2.04. The number of carbonyl (C=O) groups excluding carboxylic acids is 3. The minimum absolute atomic E-state index is 0.144. The molecule has 0 heterocycles. The van der Waals surface area contributed by atoms with Crippen LogP contribution in [0, 0.1) is 0 Å². The van der Waals surface area contributed by atoms with Gasteiger partial charge in [0, 0.05) is 0 Å². The molecule has 0 unspecified atom stereocenters. The van der Waals surface area contributed by atoms with E-state index in [1.165, 1.54) is 0 Å². The van der Waals surface area contributed by atoms with E-state index in [1.54, 1.807) is 60.7 Å². The number of rotatable bonds is 5. The summed E-state index contributed by atoms with van der Waals surface area (Å²) in [5, 5.41) is 0. The molecule has 5 heteroatoms. The van der Waals surface area contributed by atoms with Gasteiger partial charge in [-0.25, -0.2) is 9.59 Å². The van der Waals surface area contributed by atoms with Gasteiger partial charge in [-0.3, -0.25) is 4.79 Å². The summed E-state index contributed by atoms with van der Waals surface area (Å²) in [6.07, 6.45) is -0.183. The molecule has 0 amide bonds. The smallest absolute Gasteiger partial charge is 0.345 e. The maximum atomic E-state index is 11.6. The normalized spacial score (nSPS) is 9.82. The van der Waals surface area contributed by atoms with Gasteiger partial charge in [-0.1, -0.05) is 36.4 Å². The van der Waals surface area contributed by atoms with Crippen molar-refractivity contribution in [2.24, 2.45) is 0 Å². The van der Waals surface area contributed by atoms with Crippen molar-refractivity contribution in [3.63, 3.8) is 0 Å². The molecule has 0 aliphatic carbocycles. The second-order valence-electron chi connectivity index (χ2n) is 4.38. The number of esters is 3. The zero-order valence-electron chi connectivity index (χ0n) is 11.7. The Morgan fingerprint density at radius 2 is 1.23 bits per heavy atom. The van der Waals surface area contributed by atoms with Crippen LogP contribution in [0.15, 0.2) is 60.7 Å². The van der Waals surface area contributed by atoms with Crippen molar-refractivity contribution in [1.29, 1.82) is 0 Å². The second-order valence-corrected chi connectivity index (χ2v) is 4.38. The molecule has 0 bridgehead atoms. The monoisotopic (exact) mass is 298 g/mol. The van der Waals surface area contributed by atoms with Gasteiger partial charge in [-0.05, 0) is 24.3 Å². The summed E-state index contributed by atoms with van der Waals surface area (Å²) in [5.74, 6) is -1.99. The van der Waals surface area contributed by atoms with E-state index in [0.29, 0.717) is 5.56 Å². The Hall–Kier alpha value is -2.95. The molecule has 0 radical (unpaired) electrons. The average Bonchev–Trinajstić information content (AvgIpc) is 2.56. The number of hydrogen-bond acceptors (Lipinski definition) is 5. The van der Waals surface area contributed by atoms with Crippen molar-refractivity contribution in [1.82, 2.24) is 0 Å². The Morgan fingerprint density at radius 3 is 1.77 bits per heavy atom. The van der Waals surface area contributed by atoms with Crippen LogP contribution in [0.2, 0.25) is 0 Å². The molecule has 0 spiro atoms. The van der Waals surface area contributed by atoms with Crippen LogP contribution in [-0.4, -0.2) is 24.5 Å². The van der Waals surface area contributed by atoms with E-state index in [0.717, 1.165) is 0 Å². The van der Waals surface area contributed by atoms with Crippen LogP contribution in [0.3, 0.4) is 0 Å². The molecule has 2 rings (SSSR count). The molecule has 5 nitrogen and oxygen atoms in total. The van der Waals surface area contributed by atoms with Crippen LogP contribution in [0.1, 0.15) is 27.1 Å². The topological polar surface area (TPSA) is 69.7 Å². The Balaban J connectivity index is 1.74. The number of hydrogen-bond donors (Lipinski definition) is 0. The highest BCUT2D eigenvalue weighted by molar-refractivity contribution is 5.96. The molecular formula is C17H14O5. The van der Waals surface area contributed by atoms with Gasteiger partial charge in [0.2, 0.25) is 0 Å². The summed E-state index contributed by atoms with van der Waals surface area (Å²) < 4.78 is 9.59. The molecule has 0 N–H and O–H groups in total. The van der Waals surface area contributed by atoms with Gasteiger partial charge in [0.05, 0.1) is 17.5 Å². The van der Waals surface area contributed by atoms with Gasteiger partial charge in [0.1, 0.15) is 6.61 Å².